The average Bonchev–Trinajstić information content (AvgIpc) is 3.08. The van der Waals surface area contributed by atoms with Gasteiger partial charge in [-0.05, 0) is 31.4 Å². The summed E-state index contributed by atoms with van der Waals surface area (Å²) in [4.78, 5) is 21.0. The predicted molar refractivity (Wildman–Crippen MR) is 111 cm³/mol. The largest absolute Gasteiger partial charge is 0.310 e. The van der Waals surface area contributed by atoms with Crippen molar-refractivity contribution in [2.24, 2.45) is 0 Å². The molecule has 1 N–H and O–H groups in total. The maximum absolute atomic E-state index is 12.5. The lowest BCUT2D eigenvalue weighted by Crippen LogP contribution is -2.16. The van der Waals surface area contributed by atoms with Crippen LogP contribution in [0.3, 0.4) is 0 Å². The van der Waals surface area contributed by atoms with Gasteiger partial charge in [-0.2, -0.15) is 9.78 Å². The van der Waals surface area contributed by atoms with Crippen molar-refractivity contribution in [3.05, 3.63) is 65.6 Å². The van der Waals surface area contributed by atoms with E-state index in [4.69, 9.17) is 0 Å². The first-order chi connectivity index (χ1) is 13.3. The van der Waals surface area contributed by atoms with E-state index >= 15 is 0 Å². The molecule has 0 fully saturated rings. The van der Waals surface area contributed by atoms with E-state index in [0.29, 0.717) is 18.2 Å². The zero-order valence-corrected chi connectivity index (χ0v) is 16.9. The summed E-state index contributed by atoms with van der Waals surface area (Å²) >= 11 is 0. The average molecular weight is 377 g/mol. The monoisotopic (exact) mass is 377 g/mol. The van der Waals surface area contributed by atoms with E-state index in [-0.39, 0.29) is 11.3 Å². The van der Waals surface area contributed by atoms with Gasteiger partial charge in [-0.25, -0.2) is 9.97 Å². The quantitative estimate of drug-likeness (QED) is 0.698. The van der Waals surface area contributed by atoms with Gasteiger partial charge in [0.05, 0.1) is 5.69 Å². The number of nitrogens with zero attached hydrogens (tertiary/aromatic N) is 4. The van der Waals surface area contributed by atoms with Crippen molar-refractivity contribution in [3.63, 3.8) is 0 Å². The third-order valence-corrected chi connectivity index (χ3v) is 4.48. The second-order valence-corrected chi connectivity index (χ2v) is 8.01. The number of hydrogen-bond acceptors (Lipinski definition) is 4. The second-order valence-electron chi connectivity index (χ2n) is 8.01. The molecule has 0 bridgehead atoms. The predicted octanol–water partition coefficient (Wildman–Crippen LogP) is 4.23. The molecule has 146 valence electrons. The Hall–Kier alpha value is -3.02. The van der Waals surface area contributed by atoms with Crippen LogP contribution in [-0.2, 0) is 16.6 Å². The lowest BCUT2D eigenvalue weighted by Gasteiger charge is -2.13. The minimum absolute atomic E-state index is 0.0374. The molecule has 3 aromatic rings. The third kappa shape index (κ3) is 5.03. The van der Waals surface area contributed by atoms with Crippen molar-refractivity contribution in [1.82, 2.24) is 19.7 Å². The fourth-order valence-electron chi connectivity index (χ4n) is 2.80. The molecule has 0 aliphatic heterocycles. The van der Waals surface area contributed by atoms with Crippen LogP contribution in [0.5, 0.6) is 0 Å². The molecular formula is C22H27N5O. The summed E-state index contributed by atoms with van der Waals surface area (Å²) in [5, 5.41) is 7.60. The summed E-state index contributed by atoms with van der Waals surface area (Å²) in [7, 11) is 0. The zero-order valence-electron chi connectivity index (χ0n) is 16.9. The Morgan fingerprint density at radius 1 is 1.11 bits per heavy atom. The topological polar surface area (TPSA) is 72.7 Å². The number of aryl methyl sites for hydroxylation is 2. The van der Waals surface area contributed by atoms with Crippen molar-refractivity contribution >= 4 is 11.7 Å². The number of nitrogens with one attached hydrogen (secondary N) is 1. The zero-order chi connectivity index (χ0) is 20.1. The maximum atomic E-state index is 12.5. The van der Waals surface area contributed by atoms with Crippen LogP contribution in [0.2, 0.25) is 0 Å². The number of hydrogen-bond donors (Lipinski definition) is 1. The third-order valence-electron chi connectivity index (χ3n) is 4.48. The number of amides is 1. The van der Waals surface area contributed by atoms with Crippen LogP contribution in [-0.4, -0.2) is 25.7 Å². The molecule has 28 heavy (non-hydrogen) atoms. The molecule has 0 aliphatic rings. The molecule has 0 aliphatic carbocycles. The normalized spacial score (nSPS) is 11.4. The Kier molecular flexibility index (Phi) is 5.87. The van der Waals surface area contributed by atoms with Gasteiger partial charge in [0, 0.05) is 30.3 Å². The van der Waals surface area contributed by atoms with E-state index < -0.39 is 0 Å². The highest BCUT2D eigenvalue weighted by Crippen LogP contribution is 2.25. The van der Waals surface area contributed by atoms with Gasteiger partial charge in [-0.15, -0.1) is 0 Å². The van der Waals surface area contributed by atoms with Crippen molar-refractivity contribution in [1.29, 1.82) is 0 Å². The van der Waals surface area contributed by atoms with Crippen LogP contribution in [0.25, 0.3) is 5.95 Å². The maximum Gasteiger partial charge on any atom is 0.252 e. The summed E-state index contributed by atoms with van der Waals surface area (Å²) in [6.45, 7) is 8.32. The van der Waals surface area contributed by atoms with E-state index in [0.717, 1.165) is 18.5 Å². The lowest BCUT2D eigenvalue weighted by molar-refractivity contribution is -0.116. The van der Waals surface area contributed by atoms with Crippen molar-refractivity contribution < 1.29 is 4.79 Å². The van der Waals surface area contributed by atoms with Gasteiger partial charge in [-0.1, -0.05) is 50.6 Å². The van der Waals surface area contributed by atoms with E-state index in [1.807, 2.05) is 6.07 Å². The number of rotatable bonds is 6. The minimum Gasteiger partial charge on any atom is -0.310 e. The standard InChI is InChI=1S/C22H27N5O/c1-16-9-11-17(12-10-16)7-5-8-20(28)25-19-15-18(22(2,3)4)26-27(19)21-23-13-6-14-24-21/h6,9-15H,5,7-8H2,1-4H3,(H,25,28). The molecule has 0 saturated heterocycles. The molecule has 3 rings (SSSR count). The van der Waals surface area contributed by atoms with Gasteiger partial charge < -0.3 is 5.32 Å². The smallest absolute Gasteiger partial charge is 0.252 e. The second kappa shape index (κ2) is 8.33. The first-order valence-corrected chi connectivity index (χ1v) is 9.56. The minimum atomic E-state index is -0.148. The van der Waals surface area contributed by atoms with Crippen molar-refractivity contribution in [3.8, 4) is 5.95 Å². The van der Waals surface area contributed by atoms with Crippen molar-refractivity contribution in [2.75, 3.05) is 5.32 Å². The number of benzene rings is 1. The molecule has 0 spiro atoms. The van der Waals surface area contributed by atoms with Gasteiger partial charge in [0.15, 0.2) is 0 Å². The first-order valence-electron chi connectivity index (χ1n) is 9.56. The first kappa shape index (κ1) is 19.7. The fourth-order valence-corrected chi connectivity index (χ4v) is 2.80. The van der Waals surface area contributed by atoms with Crippen molar-refractivity contribution in [2.45, 2.75) is 52.4 Å². The molecule has 1 aromatic carbocycles. The van der Waals surface area contributed by atoms with E-state index in [1.54, 1.807) is 23.1 Å². The van der Waals surface area contributed by atoms with Crippen LogP contribution in [0.4, 0.5) is 5.82 Å². The highest BCUT2D eigenvalue weighted by Gasteiger charge is 2.22. The van der Waals surface area contributed by atoms with Crippen LogP contribution in [0, 0.1) is 6.92 Å². The number of aromatic nitrogens is 4. The van der Waals surface area contributed by atoms with E-state index in [9.17, 15) is 4.79 Å². The molecule has 6 heteroatoms. The number of carbonyl (C=O) groups excluding carboxylic acids is 1. The Bertz CT molecular complexity index is 924. The summed E-state index contributed by atoms with van der Waals surface area (Å²) in [5.41, 5.74) is 3.21. The molecule has 2 heterocycles. The van der Waals surface area contributed by atoms with Gasteiger partial charge in [0.1, 0.15) is 5.82 Å². The highest BCUT2D eigenvalue weighted by atomic mass is 16.1. The van der Waals surface area contributed by atoms with Crippen LogP contribution in [0.1, 0.15) is 50.4 Å². The van der Waals surface area contributed by atoms with E-state index in [1.165, 1.54) is 11.1 Å². The highest BCUT2D eigenvalue weighted by molar-refractivity contribution is 5.90. The lowest BCUT2D eigenvalue weighted by atomic mass is 9.92. The molecule has 0 saturated carbocycles. The molecule has 2 aromatic heterocycles. The van der Waals surface area contributed by atoms with Gasteiger partial charge in [-0.3, -0.25) is 4.79 Å². The van der Waals surface area contributed by atoms with Gasteiger partial charge >= 0.3 is 0 Å². The molecular weight excluding hydrogens is 350 g/mol. The van der Waals surface area contributed by atoms with Crippen LogP contribution < -0.4 is 5.32 Å². The SMILES string of the molecule is Cc1ccc(CCCC(=O)Nc2cc(C(C)(C)C)nn2-c2ncccn2)cc1. The Morgan fingerprint density at radius 3 is 2.43 bits per heavy atom. The number of carbonyl (C=O) groups is 1. The fraction of sp³-hybridized carbons (Fsp3) is 0.364. The molecule has 0 radical (unpaired) electrons. The Morgan fingerprint density at radius 2 is 1.79 bits per heavy atom. The molecule has 1 amide bonds. The number of anilines is 1. The summed E-state index contributed by atoms with van der Waals surface area (Å²) < 4.78 is 1.60. The summed E-state index contributed by atoms with van der Waals surface area (Å²) in [6, 6.07) is 12.1. The van der Waals surface area contributed by atoms with Gasteiger partial charge in [0.2, 0.25) is 5.91 Å². The van der Waals surface area contributed by atoms with Crippen LogP contribution in [0.15, 0.2) is 48.8 Å². The molecule has 0 unspecified atom stereocenters. The van der Waals surface area contributed by atoms with Gasteiger partial charge in [0.25, 0.3) is 5.95 Å². The molecule has 6 nitrogen and oxygen atoms in total. The Balaban J connectivity index is 1.69. The summed E-state index contributed by atoms with van der Waals surface area (Å²) in [6.07, 6.45) is 5.43. The van der Waals surface area contributed by atoms with Crippen LogP contribution >= 0.6 is 0 Å². The molecule has 0 atom stereocenters. The summed E-state index contributed by atoms with van der Waals surface area (Å²) in [5.74, 6) is 0.995. The van der Waals surface area contributed by atoms with E-state index in [2.05, 4.69) is 72.3 Å². The Labute approximate surface area is 166 Å².